The molecule has 4 heterocycles. The summed E-state index contributed by atoms with van der Waals surface area (Å²) in [5, 5.41) is 9.65. The van der Waals surface area contributed by atoms with E-state index in [1.807, 2.05) is 11.4 Å². The van der Waals surface area contributed by atoms with Crippen molar-refractivity contribution in [3.63, 3.8) is 0 Å². The van der Waals surface area contributed by atoms with Gasteiger partial charge in [-0.1, -0.05) is 30.3 Å². The summed E-state index contributed by atoms with van der Waals surface area (Å²) in [4.78, 5) is 34.1. The van der Waals surface area contributed by atoms with Crippen LogP contribution in [0.2, 0.25) is 0 Å². The number of benzene rings is 1. The van der Waals surface area contributed by atoms with Crippen LogP contribution in [0.4, 0.5) is 5.13 Å². The highest BCUT2D eigenvalue weighted by Gasteiger charge is 2.16. The number of hydrogen-bond donors (Lipinski definition) is 1. The van der Waals surface area contributed by atoms with Gasteiger partial charge in [0.1, 0.15) is 18.3 Å². The SMILES string of the molecule is Cc1cc(-c2csc(NC(=O)Cn3cnc4c(cnn4C)c3=O)n2)c(C)n1CCc1ccccc1. The minimum atomic E-state index is -0.341. The van der Waals surface area contributed by atoms with Crippen LogP contribution < -0.4 is 10.9 Å². The number of carbonyl (C=O) groups is 1. The van der Waals surface area contributed by atoms with Gasteiger partial charge in [0.15, 0.2) is 10.8 Å². The Hall–Kier alpha value is -4.05. The molecule has 0 spiro atoms. The number of hydrogen-bond acceptors (Lipinski definition) is 6. The lowest BCUT2D eigenvalue weighted by atomic mass is 10.1. The minimum absolute atomic E-state index is 0.153. The summed E-state index contributed by atoms with van der Waals surface area (Å²) in [6.07, 6.45) is 3.78. The molecule has 10 heteroatoms. The molecule has 0 saturated heterocycles. The first-order valence-electron chi connectivity index (χ1n) is 11.2. The Kier molecular flexibility index (Phi) is 6.04. The molecule has 0 radical (unpaired) electrons. The molecule has 4 aromatic heterocycles. The quantitative estimate of drug-likeness (QED) is 0.378. The molecule has 0 atom stereocenters. The van der Waals surface area contributed by atoms with Crippen LogP contribution in [-0.2, 0) is 31.4 Å². The standard InChI is InChI=1S/C25H25N7O2S/c1-16-11-19(17(2)32(16)10-9-18-7-5-4-6-8-18)21-14-35-25(28-21)29-22(33)13-31-15-26-23-20(24(31)34)12-27-30(23)3/h4-8,11-12,14-15H,9-10,13H2,1-3H3,(H,28,29,33). The largest absolute Gasteiger partial charge is 0.348 e. The maximum Gasteiger partial charge on any atom is 0.264 e. The second-order valence-electron chi connectivity index (χ2n) is 8.44. The van der Waals surface area contributed by atoms with E-state index in [4.69, 9.17) is 0 Å². The maximum absolute atomic E-state index is 12.6. The zero-order valence-corrected chi connectivity index (χ0v) is 20.5. The molecule has 0 fully saturated rings. The van der Waals surface area contributed by atoms with Crippen LogP contribution in [0, 0.1) is 13.8 Å². The van der Waals surface area contributed by atoms with E-state index >= 15 is 0 Å². The van der Waals surface area contributed by atoms with Gasteiger partial charge in [0.2, 0.25) is 5.91 Å². The molecule has 0 aliphatic carbocycles. The summed E-state index contributed by atoms with van der Waals surface area (Å²) >= 11 is 1.36. The highest BCUT2D eigenvalue weighted by molar-refractivity contribution is 7.14. The Morgan fingerprint density at radius 3 is 2.77 bits per heavy atom. The van der Waals surface area contributed by atoms with Gasteiger partial charge in [-0.05, 0) is 31.9 Å². The van der Waals surface area contributed by atoms with Crippen LogP contribution in [-0.4, -0.2) is 34.8 Å². The van der Waals surface area contributed by atoms with E-state index in [0.29, 0.717) is 16.2 Å². The fourth-order valence-electron chi connectivity index (χ4n) is 4.24. The van der Waals surface area contributed by atoms with Crippen molar-refractivity contribution in [2.24, 2.45) is 7.05 Å². The molecule has 1 aromatic carbocycles. The normalized spacial score (nSPS) is 11.3. The summed E-state index contributed by atoms with van der Waals surface area (Å²) in [6, 6.07) is 12.6. The number of aryl methyl sites for hydroxylation is 3. The molecule has 0 aliphatic heterocycles. The lowest BCUT2D eigenvalue weighted by molar-refractivity contribution is -0.116. The molecule has 0 saturated carbocycles. The summed E-state index contributed by atoms with van der Waals surface area (Å²) in [7, 11) is 1.71. The molecule has 178 valence electrons. The zero-order valence-electron chi connectivity index (χ0n) is 19.7. The van der Waals surface area contributed by atoms with Crippen LogP contribution in [0.3, 0.4) is 0 Å². The molecule has 35 heavy (non-hydrogen) atoms. The molecule has 1 N–H and O–H groups in total. The predicted octanol–water partition coefficient (Wildman–Crippen LogP) is 3.55. The number of carbonyl (C=O) groups excluding carboxylic acids is 1. The van der Waals surface area contributed by atoms with Crippen molar-refractivity contribution in [3.8, 4) is 11.3 Å². The third-order valence-electron chi connectivity index (χ3n) is 6.10. The third kappa shape index (κ3) is 4.52. The monoisotopic (exact) mass is 487 g/mol. The van der Waals surface area contributed by atoms with Crippen LogP contribution in [0.25, 0.3) is 22.3 Å². The lowest BCUT2D eigenvalue weighted by Gasteiger charge is -2.09. The van der Waals surface area contributed by atoms with Crippen molar-refractivity contribution in [1.29, 1.82) is 0 Å². The van der Waals surface area contributed by atoms with Crippen LogP contribution in [0.1, 0.15) is 17.0 Å². The summed E-state index contributed by atoms with van der Waals surface area (Å²) < 4.78 is 5.10. The molecule has 5 rings (SSSR count). The van der Waals surface area contributed by atoms with E-state index in [1.54, 1.807) is 7.05 Å². The second kappa shape index (κ2) is 9.30. The number of nitrogens with zero attached hydrogens (tertiary/aromatic N) is 6. The Balaban J connectivity index is 1.28. The Bertz CT molecular complexity index is 1580. The van der Waals surface area contributed by atoms with Crippen molar-refractivity contribution >= 4 is 33.4 Å². The third-order valence-corrected chi connectivity index (χ3v) is 6.86. The lowest BCUT2D eigenvalue weighted by Crippen LogP contribution is -2.27. The molecule has 5 aromatic rings. The number of fused-ring (bicyclic) bond motifs is 1. The van der Waals surface area contributed by atoms with Gasteiger partial charge in [-0.3, -0.25) is 18.8 Å². The summed E-state index contributed by atoms with van der Waals surface area (Å²) in [5.41, 5.74) is 5.67. The van der Waals surface area contributed by atoms with Gasteiger partial charge < -0.3 is 9.88 Å². The molecular weight excluding hydrogens is 462 g/mol. The first kappa shape index (κ1) is 22.7. The molecule has 0 aliphatic rings. The number of nitrogens with one attached hydrogen (secondary N) is 1. The van der Waals surface area contributed by atoms with Crippen molar-refractivity contribution < 1.29 is 4.79 Å². The van der Waals surface area contributed by atoms with Crippen molar-refractivity contribution in [3.05, 3.63) is 81.6 Å². The zero-order chi connectivity index (χ0) is 24.5. The van der Waals surface area contributed by atoms with Crippen LogP contribution in [0.5, 0.6) is 0 Å². The molecule has 9 nitrogen and oxygen atoms in total. The van der Waals surface area contributed by atoms with Gasteiger partial charge in [-0.25, -0.2) is 9.97 Å². The van der Waals surface area contributed by atoms with Gasteiger partial charge >= 0.3 is 0 Å². The van der Waals surface area contributed by atoms with Gasteiger partial charge in [-0.15, -0.1) is 11.3 Å². The molecule has 0 unspecified atom stereocenters. The van der Waals surface area contributed by atoms with Gasteiger partial charge in [0.05, 0.1) is 11.9 Å². The van der Waals surface area contributed by atoms with Crippen molar-refractivity contribution in [2.45, 2.75) is 33.4 Å². The highest BCUT2D eigenvalue weighted by atomic mass is 32.1. The predicted molar refractivity (Wildman–Crippen MR) is 137 cm³/mol. The highest BCUT2D eigenvalue weighted by Crippen LogP contribution is 2.30. The van der Waals surface area contributed by atoms with Crippen LogP contribution in [0.15, 0.2) is 59.1 Å². The van der Waals surface area contributed by atoms with E-state index in [0.717, 1.165) is 29.9 Å². The molecule has 1 amide bonds. The Morgan fingerprint density at radius 2 is 1.97 bits per heavy atom. The van der Waals surface area contributed by atoms with E-state index in [-0.39, 0.29) is 18.0 Å². The Labute approximate surface area is 205 Å². The number of anilines is 1. The van der Waals surface area contributed by atoms with Gasteiger partial charge in [-0.2, -0.15) is 5.10 Å². The maximum atomic E-state index is 12.6. The van der Waals surface area contributed by atoms with Crippen LogP contribution >= 0.6 is 11.3 Å². The van der Waals surface area contributed by atoms with Crippen molar-refractivity contribution in [1.82, 2.24) is 28.9 Å². The first-order valence-corrected chi connectivity index (χ1v) is 12.1. The fourth-order valence-corrected chi connectivity index (χ4v) is 4.96. The van der Waals surface area contributed by atoms with Crippen molar-refractivity contribution in [2.75, 3.05) is 5.32 Å². The van der Waals surface area contributed by atoms with E-state index in [1.165, 1.54) is 44.4 Å². The first-order chi connectivity index (χ1) is 16.9. The summed E-state index contributed by atoms with van der Waals surface area (Å²) in [6.45, 7) is 4.93. The van der Waals surface area contributed by atoms with Gasteiger partial charge in [0.25, 0.3) is 5.56 Å². The molecule has 0 bridgehead atoms. The Morgan fingerprint density at radius 1 is 1.17 bits per heavy atom. The number of aromatic nitrogens is 6. The molecular formula is C25H25N7O2S. The number of thiazole rings is 1. The van der Waals surface area contributed by atoms with E-state index < -0.39 is 0 Å². The topological polar surface area (TPSA) is 99.6 Å². The smallest absolute Gasteiger partial charge is 0.264 e. The fraction of sp³-hybridized carbons (Fsp3) is 0.240. The average molecular weight is 488 g/mol. The number of amides is 1. The number of rotatable bonds is 7. The minimum Gasteiger partial charge on any atom is -0.348 e. The average Bonchev–Trinajstić information content (AvgIpc) is 3.53. The van der Waals surface area contributed by atoms with E-state index in [2.05, 4.69) is 69.1 Å². The van der Waals surface area contributed by atoms with Gasteiger partial charge in [0, 0.05) is 35.9 Å². The van der Waals surface area contributed by atoms with E-state index in [9.17, 15) is 9.59 Å². The second-order valence-corrected chi connectivity index (χ2v) is 9.30. The summed E-state index contributed by atoms with van der Waals surface area (Å²) in [5.74, 6) is -0.341.